The molecule has 2 aromatic carbocycles. The van der Waals surface area contributed by atoms with Crippen molar-refractivity contribution in [1.82, 2.24) is 0 Å². The Morgan fingerprint density at radius 1 is 0.833 bits per heavy atom. The minimum atomic E-state index is 0.599. The molecule has 0 aliphatic heterocycles. The Labute approximate surface area is 106 Å². The highest BCUT2D eigenvalue weighted by atomic mass is 16.4. The number of hydrogen-bond donors (Lipinski definition) is 1. The first-order chi connectivity index (χ1) is 8.90. The van der Waals surface area contributed by atoms with Crippen LogP contribution < -0.4 is 0 Å². The molecule has 0 saturated heterocycles. The number of oxime groups is 1. The normalized spacial score (nSPS) is 25.9. The van der Waals surface area contributed by atoms with Crippen molar-refractivity contribution >= 4 is 5.71 Å². The lowest BCUT2D eigenvalue weighted by Crippen LogP contribution is -2.06. The van der Waals surface area contributed by atoms with Gasteiger partial charge in [0.05, 0.1) is 0 Å². The molecule has 0 heterocycles. The van der Waals surface area contributed by atoms with Crippen LogP contribution in [0.15, 0.2) is 53.7 Å². The second-order valence-corrected chi connectivity index (χ2v) is 5.07. The average Bonchev–Trinajstić information content (AvgIpc) is 3.20. The van der Waals surface area contributed by atoms with E-state index in [1.54, 1.807) is 0 Å². The maximum absolute atomic E-state index is 9.40. The van der Waals surface area contributed by atoms with Gasteiger partial charge in [-0.25, -0.2) is 0 Å². The average molecular weight is 235 g/mol. The highest BCUT2D eigenvalue weighted by Crippen LogP contribution is 2.58. The SMILES string of the molecule is ON=C1c2ccccc2[C@H]2C[C@H]2c2ccccc21. The number of rotatable bonds is 0. The van der Waals surface area contributed by atoms with Gasteiger partial charge in [0.1, 0.15) is 5.71 Å². The molecule has 2 aliphatic carbocycles. The third kappa shape index (κ3) is 1.20. The molecule has 0 aromatic heterocycles. The molecule has 0 unspecified atom stereocenters. The van der Waals surface area contributed by atoms with E-state index in [1.807, 2.05) is 12.1 Å². The molecule has 0 spiro atoms. The first-order valence-electron chi connectivity index (χ1n) is 6.31. The Hall–Kier alpha value is -2.09. The molecule has 1 fully saturated rings. The molecule has 2 nitrogen and oxygen atoms in total. The number of nitrogens with zero attached hydrogens (tertiary/aromatic N) is 1. The van der Waals surface area contributed by atoms with E-state index in [2.05, 4.69) is 41.6 Å². The minimum Gasteiger partial charge on any atom is -0.410 e. The van der Waals surface area contributed by atoms with Gasteiger partial charge < -0.3 is 5.21 Å². The van der Waals surface area contributed by atoms with Crippen molar-refractivity contribution in [3.05, 3.63) is 70.8 Å². The van der Waals surface area contributed by atoms with Crippen LogP contribution in [0.3, 0.4) is 0 Å². The number of fused-ring (bicyclic) bond motifs is 5. The zero-order chi connectivity index (χ0) is 12.1. The number of benzene rings is 2. The monoisotopic (exact) mass is 235 g/mol. The Kier molecular flexibility index (Phi) is 1.90. The summed E-state index contributed by atoms with van der Waals surface area (Å²) >= 11 is 0. The summed E-state index contributed by atoms with van der Waals surface area (Å²) in [5.74, 6) is 1.20. The maximum atomic E-state index is 9.40. The molecule has 0 radical (unpaired) electrons. The Morgan fingerprint density at radius 2 is 1.33 bits per heavy atom. The molecule has 0 bridgehead atoms. The lowest BCUT2D eigenvalue weighted by atomic mass is 9.95. The van der Waals surface area contributed by atoms with Gasteiger partial charge in [-0.15, -0.1) is 0 Å². The Balaban J connectivity index is 2.05. The molecule has 18 heavy (non-hydrogen) atoms. The van der Waals surface area contributed by atoms with Crippen LogP contribution in [0.25, 0.3) is 0 Å². The van der Waals surface area contributed by atoms with Crippen molar-refractivity contribution in [2.75, 3.05) is 0 Å². The number of hydrogen-bond acceptors (Lipinski definition) is 2. The van der Waals surface area contributed by atoms with Crippen LogP contribution in [-0.4, -0.2) is 10.9 Å². The van der Waals surface area contributed by atoms with E-state index in [1.165, 1.54) is 17.5 Å². The van der Waals surface area contributed by atoms with Gasteiger partial charge in [-0.05, 0) is 29.4 Å². The van der Waals surface area contributed by atoms with E-state index in [-0.39, 0.29) is 0 Å². The molecule has 1 saturated carbocycles. The highest BCUT2D eigenvalue weighted by molar-refractivity contribution is 6.15. The second kappa shape index (κ2) is 3.45. The minimum absolute atomic E-state index is 0.599. The van der Waals surface area contributed by atoms with E-state index >= 15 is 0 Å². The molecule has 4 rings (SSSR count). The van der Waals surface area contributed by atoms with E-state index in [0.29, 0.717) is 17.5 Å². The van der Waals surface area contributed by atoms with Gasteiger partial charge in [0, 0.05) is 11.1 Å². The van der Waals surface area contributed by atoms with Crippen LogP contribution in [0.1, 0.15) is 40.5 Å². The van der Waals surface area contributed by atoms with Gasteiger partial charge in [-0.3, -0.25) is 0 Å². The van der Waals surface area contributed by atoms with Crippen LogP contribution in [-0.2, 0) is 0 Å². The predicted octanol–water partition coefficient (Wildman–Crippen LogP) is 3.50. The first kappa shape index (κ1) is 9.89. The first-order valence-corrected chi connectivity index (χ1v) is 6.31. The third-order valence-corrected chi connectivity index (χ3v) is 4.12. The summed E-state index contributed by atoms with van der Waals surface area (Å²) < 4.78 is 0. The van der Waals surface area contributed by atoms with Crippen LogP contribution in [0.5, 0.6) is 0 Å². The third-order valence-electron chi connectivity index (χ3n) is 4.12. The lowest BCUT2D eigenvalue weighted by molar-refractivity contribution is 0.319. The molecule has 2 aromatic rings. The van der Waals surface area contributed by atoms with Crippen LogP contribution >= 0.6 is 0 Å². The van der Waals surface area contributed by atoms with Gasteiger partial charge in [0.2, 0.25) is 0 Å². The summed E-state index contributed by atoms with van der Waals surface area (Å²) in [5.41, 5.74) is 5.53. The summed E-state index contributed by atoms with van der Waals surface area (Å²) in [6.45, 7) is 0. The fourth-order valence-electron chi connectivity index (χ4n) is 3.21. The van der Waals surface area contributed by atoms with Crippen molar-refractivity contribution in [2.24, 2.45) is 5.16 Å². The summed E-state index contributed by atoms with van der Waals surface area (Å²) in [6.07, 6.45) is 1.22. The summed E-state index contributed by atoms with van der Waals surface area (Å²) in [7, 11) is 0. The van der Waals surface area contributed by atoms with E-state index in [0.717, 1.165) is 11.1 Å². The molecule has 2 heteroatoms. The van der Waals surface area contributed by atoms with Gasteiger partial charge in [-0.1, -0.05) is 53.7 Å². The van der Waals surface area contributed by atoms with Crippen LogP contribution in [0.2, 0.25) is 0 Å². The summed E-state index contributed by atoms with van der Waals surface area (Å²) in [5, 5.41) is 13.0. The molecule has 2 aliphatic rings. The molecular formula is C16H13NO. The van der Waals surface area contributed by atoms with E-state index < -0.39 is 0 Å². The van der Waals surface area contributed by atoms with Crippen molar-refractivity contribution in [2.45, 2.75) is 18.3 Å². The van der Waals surface area contributed by atoms with Gasteiger partial charge in [0.25, 0.3) is 0 Å². The Morgan fingerprint density at radius 3 is 1.83 bits per heavy atom. The van der Waals surface area contributed by atoms with Crippen molar-refractivity contribution in [1.29, 1.82) is 0 Å². The maximum Gasteiger partial charge on any atom is 0.117 e. The summed E-state index contributed by atoms with van der Waals surface area (Å²) in [6, 6.07) is 16.6. The van der Waals surface area contributed by atoms with Crippen molar-refractivity contribution in [3.8, 4) is 0 Å². The van der Waals surface area contributed by atoms with E-state index in [9.17, 15) is 5.21 Å². The zero-order valence-electron chi connectivity index (χ0n) is 9.88. The molecular weight excluding hydrogens is 222 g/mol. The van der Waals surface area contributed by atoms with Crippen LogP contribution in [0, 0.1) is 0 Å². The largest absolute Gasteiger partial charge is 0.410 e. The van der Waals surface area contributed by atoms with Crippen molar-refractivity contribution < 1.29 is 5.21 Å². The Bertz CT molecular complexity index is 606. The van der Waals surface area contributed by atoms with Gasteiger partial charge in [-0.2, -0.15) is 0 Å². The fourth-order valence-corrected chi connectivity index (χ4v) is 3.21. The summed E-state index contributed by atoms with van der Waals surface area (Å²) in [4.78, 5) is 0. The lowest BCUT2D eigenvalue weighted by Gasteiger charge is -2.09. The van der Waals surface area contributed by atoms with E-state index in [4.69, 9.17) is 0 Å². The smallest absolute Gasteiger partial charge is 0.117 e. The topological polar surface area (TPSA) is 32.6 Å². The standard InChI is InChI=1S/C16H13NO/c18-17-16-12-7-3-1-5-10(12)14-9-15(14)11-6-2-4-8-13(11)16/h1-8,14-15,18H,9H2/t14-,15+. The zero-order valence-corrected chi connectivity index (χ0v) is 9.88. The van der Waals surface area contributed by atoms with Gasteiger partial charge in [0.15, 0.2) is 0 Å². The quantitative estimate of drug-likeness (QED) is 0.550. The molecule has 88 valence electrons. The molecule has 1 N–H and O–H groups in total. The molecule has 2 atom stereocenters. The molecule has 0 amide bonds. The highest BCUT2D eigenvalue weighted by Gasteiger charge is 2.44. The van der Waals surface area contributed by atoms with Crippen molar-refractivity contribution in [3.63, 3.8) is 0 Å². The van der Waals surface area contributed by atoms with Gasteiger partial charge >= 0.3 is 0 Å². The predicted molar refractivity (Wildman–Crippen MR) is 70.4 cm³/mol. The fraction of sp³-hybridized carbons (Fsp3) is 0.188. The van der Waals surface area contributed by atoms with Crippen LogP contribution in [0.4, 0.5) is 0 Å². The second-order valence-electron chi connectivity index (χ2n) is 5.07.